The first-order chi connectivity index (χ1) is 9.00. The van der Waals surface area contributed by atoms with Crippen molar-refractivity contribution in [3.05, 3.63) is 0 Å². The number of carbonyl (C=O) groups is 2. The zero-order valence-corrected chi connectivity index (χ0v) is 13.2. The Morgan fingerprint density at radius 2 is 1.58 bits per heavy atom. The van der Waals surface area contributed by atoms with Crippen molar-refractivity contribution >= 4 is 11.7 Å². The largest absolute Gasteiger partial charge is 0.356 e. The van der Waals surface area contributed by atoms with Gasteiger partial charge in [0.05, 0.1) is 0 Å². The maximum absolute atomic E-state index is 12.1. The lowest BCUT2D eigenvalue weighted by Crippen LogP contribution is -2.26. The van der Waals surface area contributed by atoms with Crippen molar-refractivity contribution in [2.75, 3.05) is 6.54 Å². The number of hydrogen-bond donors (Lipinski definition) is 1. The van der Waals surface area contributed by atoms with Crippen molar-refractivity contribution in [1.82, 2.24) is 5.32 Å². The van der Waals surface area contributed by atoms with Crippen LogP contribution in [0.4, 0.5) is 0 Å². The summed E-state index contributed by atoms with van der Waals surface area (Å²) in [7, 11) is 0. The molecule has 0 aliphatic carbocycles. The second-order valence-electron chi connectivity index (χ2n) is 5.60. The molecular weight excluding hydrogens is 238 g/mol. The van der Waals surface area contributed by atoms with Crippen LogP contribution in [0.5, 0.6) is 0 Å². The molecule has 0 aromatic carbocycles. The van der Waals surface area contributed by atoms with Crippen molar-refractivity contribution in [2.45, 2.75) is 79.1 Å². The summed E-state index contributed by atoms with van der Waals surface area (Å²) in [5.41, 5.74) is -0.130. The molecule has 1 amide bonds. The van der Waals surface area contributed by atoms with Crippen LogP contribution in [0.2, 0.25) is 0 Å². The molecular formula is C16H31NO2. The van der Waals surface area contributed by atoms with E-state index in [1.807, 2.05) is 6.92 Å². The Morgan fingerprint density at radius 1 is 0.947 bits per heavy atom. The monoisotopic (exact) mass is 269 g/mol. The van der Waals surface area contributed by atoms with E-state index in [-0.39, 0.29) is 11.3 Å². The maximum Gasteiger partial charge on any atom is 0.219 e. The van der Waals surface area contributed by atoms with Crippen LogP contribution in [-0.2, 0) is 9.59 Å². The lowest BCUT2D eigenvalue weighted by molar-refractivity contribution is -0.128. The minimum absolute atomic E-state index is 0.130. The minimum Gasteiger partial charge on any atom is -0.356 e. The SMILES string of the molecule is CCCC(=O)NCCCCCC(=O)C(C)(CC)CC. The lowest BCUT2D eigenvalue weighted by Gasteiger charge is -2.24. The van der Waals surface area contributed by atoms with E-state index in [0.717, 1.165) is 45.1 Å². The molecule has 19 heavy (non-hydrogen) atoms. The molecule has 0 radical (unpaired) electrons. The topological polar surface area (TPSA) is 46.2 Å². The highest BCUT2D eigenvalue weighted by Gasteiger charge is 2.27. The molecule has 0 saturated heterocycles. The highest BCUT2D eigenvalue weighted by Crippen LogP contribution is 2.28. The molecule has 0 unspecified atom stereocenters. The lowest BCUT2D eigenvalue weighted by atomic mass is 9.78. The van der Waals surface area contributed by atoms with Crippen molar-refractivity contribution < 1.29 is 9.59 Å². The van der Waals surface area contributed by atoms with Gasteiger partial charge in [0.1, 0.15) is 5.78 Å². The molecule has 0 aromatic rings. The molecule has 0 spiro atoms. The van der Waals surface area contributed by atoms with Gasteiger partial charge in [-0.1, -0.05) is 34.1 Å². The molecule has 0 atom stereocenters. The zero-order chi connectivity index (χ0) is 14.7. The number of nitrogens with one attached hydrogen (secondary N) is 1. The number of hydrogen-bond acceptors (Lipinski definition) is 2. The summed E-state index contributed by atoms with van der Waals surface area (Å²) in [6.45, 7) is 8.99. The Hall–Kier alpha value is -0.860. The quantitative estimate of drug-likeness (QED) is 0.579. The molecule has 0 aromatic heterocycles. The van der Waals surface area contributed by atoms with E-state index in [1.54, 1.807) is 0 Å². The molecule has 0 aliphatic heterocycles. The molecule has 1 N–H and O–H groups in total. The summed E-state index contributed by atoms with van der Waals surface area (Å²) in [6.07, 6.45) is 6.97. The summed E-state index contributed by atoms with van der Waals surface area (Å²) < 4.78 is 0. The summed E-state index contributed by atoms with van der Waals surface area (Å²) >= 11 is 0. The van der Waals surface area contributed by atoms with Crippen LogP contribution in [-0.4, -0.2) is 18.2 Å². The Labute approximate surface area is 118 Å². The molecule has 0 aliphatic rings. The Morgan fingerprint density at radius 3 is 2.11 bits per heavy atom. The highest BCUT2D eigenvalue weighted by molar-refractivity contribution is 5.84. The zero-order valence-electron chi connectivity index (χ0n) is 13.2. The van der Waals surface area contributed by atoms with Crippen molar-refractivity contribution in [1.29, 1.82) is 0 Å². The van der Waals surface area contributed by atoms with Crippen LogP contribution >= 0.6 is 0 Å². The van der Waals surface area contributed by atoms with E-state index >= 15 is 0 Å². The third kappa shape index (κ3) is 7.34. The average molecular weight is 269 g/mol. The van der Waals surface area contributed by atoms with E-state index in [9.17, 15) is 9.59 Å². The van der Waals surface area contributed by atoms with E-state index in [4.69, 9.17) is 0 Å². The van der Waals surface area contributed by atoms with Crippen LogP contribution in [0, 0.1) is 5.41 Å². The Kier molecular flexibility index (Phi) is 9.54. The van der Waals surface area contributed by atoms with E-state index in [0.29, 0.717) is 18.6 Å². The number of amides is 1. The Balaban J connectivity index is 3.65. The molecule has 0 heterocycles. The van der Waals surface area contributed by atoms with Gasteiger partial charge in [0, 0.05) is 24.8 Å². The van der Waals surface area contributed by atoms with E-state index in [2.05, 4.69) is 26.1 Å². The standard InChI is InChI=1S/C16H31NO2/c1-5-11-15(19)17-13-10-8-9-12-14(18)16(4,6-2)7-3/h5-13H2,1-4H3,(H,17,19). The molecule has 0 rings (SSSR count). The first-order valence-corrected chi connectivity index (χ1v) is 7.80. The van der Waals surface area contributed by atoms with Crippen LogP contribution in [0.15, 0.2) is 0 Å². The van der Waals surface area contributed by atoms with Gasteiger partial charge in [-0.25, -0.2) is 0 Å². The molecule has 0 saturated carbocycles. The third-order valence-corrected chi connectivity index (χ3v) is 4.11. The summed E-state index contributed by atoms with van der Waals surface area (Å²) in [6, 6.07) is 0. The fraction of sp³-hybridized carbons (Fsp3) is 0.875. The summed E-state index contributed by atoms with van der Waals surface area (Å²) in [5, 5.41) is 2.90. The molecule has 3 nitrogen and oxygen atoms in total. The smallest absolute Gasteiger partial charge is 0.219 e. The minimum atomic E-state index is -0.130. The Bertz CT molecular complexity index is 270. The first-order valence-electron chi connectivity index (χ1n) is 7.80. The normalized spacial score (nSPS) is 11.4. The van der Waals surface area contributed by atoms with Crippen LogP contribution in [0.1, 0.15) is 79.1 Å². The van der Waals surface area contributed by atoms with Gasteiger partial charge in [0.2, 0.25) is 5.91 Å². The van der Waals surface area contributed by atoms with Gasteiger partial charge in [-0.2, -0.15) is 0 Å². The number of Topliss-reactive ketones (excluding diaryl/α,β-unsaturated/α-hetero) is 1. The molecule has 112 valence electrons. The predicted molar refractivity (Wildman–Crippen MR) is 80.1 cm³/mol. The summed E-state index contributed by atoms with van der Waals surface area (Å²) in [4.78, 5) is 23.3. The van der Waals surface area contributed by atoms with E-state index < -0.39 is 0 Å². The molecule has 3 heteroatoms. The van der Waals surface area contributed by atoms with Crippen molar-refractivity contribution in [3.8, 4) is 0 Å². The molecule has 0 fully saturated rings. The second-order valence-corrected chi connectivity index (χ2v) is 5.60. The van der Waals surface area contributed by atoms with Crippen LogP contribution < -0.4 is 5.32 Å². The van der Waals surface area contributed by atoms with Gasteiger partial charge >= 0.3 is 0 Å². The predicted octanol–water partition coefficient (Wildman–Crippen LogP) is 3.86. The number of rotatable bonds is 11. The highest BCUT2D eigenvalue weighted by atomic mass is 16.1. The fourth-order valence-corrected chi connectivity index (χ4v) is 2.08. The average Bonchev–Trinajstić information content (AvgIpc) is 2.41. The van der Waals surface area contributed by atoms with Crippen LogP contribution in [0.3, 0.4) is 0 Å². The van der Waals surface area contributed by atoms with Crippen molar-refractivity contribution in [2.24, 2.45) is 5.41 Å². The second kappa shape index (κ2) is 9.99. The maximum atomic E-state index is 12.1. The van der Waals surface area contributed by atoms with Gasteiger partial charge in [0.15, 0.2) is 0 Å². The van der Waals surface area contributed by atoms with Gasteiger partial charge in [-0.3, -0.25) is 9.59 Å². The van der Waals surface area contributed by atoms with Gasteiger partial charge in [-0.15, -0.1) is 0 Å². The summed E-state index contributed by atoms with van der Waals surface area (Å²) in [5.74, 6) is 0.538. The van der Waals surface area contributed by atoms with E-state index in [1.165, 1.54) is 0 Å². The van der Waals surface area contributed by atoms with Gasteiger partial charge < -0.3 is 5.32 Å². The number of ketones is 1. The number of carbonyl (C=O) groups excluding carboxylic acids is 2. The fourth-order valence-electron chi connectivity index (χ4n) is 2.08. The van der Waals surface area contributed by atoms with Gasteiger partial charge in [-0.05, 0) is 32.1 Å². The number of unbranched alkanes of at least 4 members (excludes halogenated alkanes) is 2. The van der Waals surface area contributed by atoms with Crippen molar-refractivity contribution in [3.63, 3.8) is 0 Å². The first kappa shape index (κ1) is 18.1. The third-order valence-electron chi connectivity index (χ3n) is 4.11. The van der Waals surface area contributed by atoms with Gasteiger partial charge in [0.25, 0.3) is 0 Å². The van der Waals surface area contributed by atoms with Crippen LogP contribution in [0.25, 0.3) is 0 Å². The molecule has 0 bridgehead atoms.